The van der Waals surface area contributed by atoms with Crippen LogP contribution in [0.4, 0.5) is 0 Å². The van der Waals surface area contributed by atoms with Crippen LogP contribution in [0.25, 0.3) is 0 Å². The first kappa shape index (κ1) is 9.49. The van der Waals surface area contributed by atoms with Crippen molar-refractivity contribution in [1.82, 2.24) is 4.72 Å². The predicted octanol–water partition coefficient (Wildman–Crippen LogP) is 0.229. The van der Waals surface area contributed by atoms with Crippen LogP contribution >= 0.6 is 0 Å². The van der Waals surface area contributed by atoms with Gasteiger partial charge in [-0.25, -0.2) is 13.1 Å². The lowest BCUT2D eigenvalue weighted by Gasteiger charge is -2.00. The molecule has 0 saturated heterocycles. The third kappa shape index (κ3) is 3.69. The highest BCUT2D eigenvalue weighted by molar-refractivity contribution is 7.89. The number of nitrogens with zero attached hydrogens (tertiary/aromatic N) is 1. The third-order valence-corrected chi connectivity index (χ3v) is 2.98. The molecular formula is C7H12N2O2S. The molecule has 0 amide bonds. The van der Waals surface area contributed by atoms with Gasteiger partial charge < -0.3 is 0 Å². The summed E-state index contributed by atoms with van der Waals surface area (Å²) in [7, 11) is -3.31. The lowest BCUT2D eigenvalue weighted by Crippen LogP contribution is -2.26. The second-order valence-corrected chi connectivity index (χ2v) is 4.85. The quantitative estimate of drug-likeness (QED) is 0.671. The molecule has 0 radical (unpaired) electrons. The minimum absolute atomic E-state index is 0.433. The van der Waals surface area contributed by atoms with Crippen LogP contribution in [0, 0.1) is 17.2 Å². The van der Waals surface area contributed by atoms with E-state index in [1.54, 1.807) is 6.07 Å². The summed E-state index contributed by atoms with van der Waals surface area (Å²) in [5.74, 6) is 0.285. The molecule has 0 unspecified atom stereocenters. The summed E-state index contributed by atoms with van der Waals surface area (Å²) in [6, 6.07) is 1.61. The van der Waals surface area contributed by atoms with Crippen molar-refractivity contribution < 1.29 is 8.42 Å². The first-order valence-corrected chi connectivity index (χ1v) is 5.63. The summed E-state index contributed by atoms with van der Waals surface area (Å²) in [4.78, 5) is 0. The van der Waals surface area contributed by atoms with Gasteiger partial charge in [0.2, 0.25) is 10.0 Å². The van der Waals surface area contributed by atoms with Gasteiger partial charge in [-0.15, -0.1) is 0 Å². The van der Waals surface area contributed by atoms with Gasteiger partial charge in [-0.1, -0.05) is 12.8 Å². The highest BCUT2D eigenvalue weighted by Gasteiger charge is 2.21. The van der Waals surface area contributed by atoms with E-state index in [0.29, 0.717) is 6.54 Å². The molecule has 1 N–H and O–H groups in total. The molecule has 0 atom stereocenters. The predicted molar refractivity (Wildman–Crippen MR) is 44.7 cm³/mol. The van der Waals surface area contributed by atoms with E-state index >= 15 is 0 Å². The molecule has 0 bridgehead atoms. The van der Waals surface area contributed by atoms with Gasteiger partial charge in [0, 0.05) is 6.54 Å². The molecule has 0 aromatic carbocycles. The van der Waals surface area contributed by atoms with Crippen molar-refractivity contribution in [3.05, 3.63) is 0 Å². The largest absolute Gasteiger partial charge is 0.225 e. The van der Waals surface area contributed by atoms with Gasteiger partial charge in [0.15, 0.2) is 5.75 Å². The number of hydrogen-bond acceptors (Lipinski definition) is 3. The smallest absolute Gasteiger partial charge is 0.214 e. The number of nitrogens with one attached hydrogen (secondary N) is 1. The number of sulfonamides is 1. The fourth-order valence-electron chi connectivity index (χ4n) is 0.961. The molecule has 1 rings (SSSR count). The molecule has 12 heavy (non-hydrogen) atoms. The monoisotopic (exact) mass is 188 g/mol. The molecule has 1 fully saturated rings. The normalized spacial score (nSPS) is 17.2. The Morgan fingerprint density at radius 3 is 2.67 bits per heavy atom. The van der Waals surface area contributed by atoms with Crippen LogP contribution in [0.15, 0.2) is 0 Å². The van der Waals surface area contributed by atoms with Crippen molar-refractivity contribution in [3.8, 4) is 6.07 Å². The SMILES string of the molecule is N#CCS(=O)(=O)NCCC1CC1. The molecule has 0 aromatic heterocycles. The van der Waals surface area contributed by atoms with Gasteiger partial charge >= 0.3 is 0 Å². The van der Waals surface area contributed by atoms with E-state index < -0.39 is 15.8 Å². The van der Waals surface area contributed by atoms with Crippen LogP contribution in [0.2, 0.25) is 0 Å². The van der Waals surface area contributed by atoms with E-state index in [9.17, 15) is 8.42 Å². The van der Waals surface area contributed by atoms with E-state index in [4.69, 9.17) is 5.26 Å². The maximum atomic E-state index is 10.9. The Hall–Kier alpha value is -0.600. The standard InChI is InChI=1S/C7H12N2O2S/c8-4-6-12(10,11)9-5-3-7-1-2-7/h7,9H,1-3,5-6H2. The van der Waals surface area contributed by atoms with Crippen molar-refractivity contribution in [2.24, 2.45) is 5.92 Å². The fourth-order valence-corrected chi connectivity index (χ4v) is 1.66. The van der Waals surface area contributed by atoms with Crippen LogP contribution in [0.1, 0.15) is 19.3 Å². The second kappa shape index (κ2) is 3.87. The Morgan fingerprint density at radius 1 is 1.50 bits per heavy atom. The Labute approximate surface area is 72.6 Å². The summed E-state index contributed by atoms with van der Waals surface area (Å²) in [6.45, 7) is 0.481. The van der Waals surface area contributed by atoms with Crippen LogP contribution < -0.4 is 4.72 Å². The highest BCUT2D eigenvalue weighted by Crippen LogP contribution is 2.31. The minimum Gasteiger partial charge on any atom is -0.214 e. The second-order valence-electron chi connectivity index (χ2n) is 3.04. The van der Waals surface area contributed by atoms with Gasteiger partial charge in [-0.3, -0.25) is 0 Å². The van der Waals surface area contributed by atoms with Crippen LogP contribution in [-0.4, -0.2) is 20.7 Å². The molecule has 1 aliphatic carbocycles. The average Bonchev–Trinajstić information content (AvgIpc) is 2.70. The molecule has 4 nitrogen and oxygen atoms in total. The third-order valence-electron chi connectivity index (χ3n) is 1.83. The molecule has 68 valence electrons. The Kier molecular flexibility index (Phi) is 3.06. The summed E-state index contributed by atoms with van der Waals surface area (Å²) in [5, 5.41) is 8.15. The lowest BCUT2D eigenvalue weighted by molar-refractivity contribution is 0.578. The maximum absolute atomic E-state index is 10.9. The molecule has 0 aromatic rings. The topological polar surface area (TPSA) is 70.0 Å². The molecular weight excluding hydrogens is 176 g/mol. The fraction of sp³-hybridized carbons (Fsp3) is 0.857. The zero-order chi connectivity index (χ0) is 9.03. The maximum Gasteiger partial charge on any atom is 0.225 e. The number of rotatable bonds is 5. The summed E-state index contributed by atoms with van der Waals surface area (Å²) in [5.41, 5.74) is 0. The van der Waals surface area contributed by atoms with Crippen molar-refractivity contribution in [2.45, 2.75) is 19.3 Å². The van der Waals surface area contributed by atoms with Gasteiger partial charge in [-0.05, 0) is 12.3 Å². The van der Waals surface area contributed by atoms with E-state index in [1.807, 2.05) is 0 Å². The van der Waals surface area contributed by atoms with E-state index in [2.05, 4.69) is 4.72 Å². The summed E-state index contributed by atoms with van der Waals surface area (Å²) < 4.78 is 24.2. The Morgan fingerprint density at radius 2 is 2.17 bits per heavy atom. The van der Waals surface area contributed by atoms with Crippen molar-refractivity contribution in [2.75, 3.05) is 12.3 Å². The molecule has 1 saturated carbocycles. The molecule has 5 heteroatoms. The average molecular weight is 188 g/mol. The molecule has 0 aliphatic heterocycles. The molecule has 0 heterocycles. The highest BCUT2D eigenvalue weighted by atomic mass is 32.2. The first-order chi connectivity index (χ1) is 5.64. The van der Waals surface area contributed by atoms with Gasteiger partial charge in [0.1, 0.15) is 0 Å². The Balaban J connectivity index is 2.16. The van der Waals surface area contributed by atoms with Crippen molar-refractivity contribution >= 4 is 10.0 Å². The van der Waals surface area contributed by atoms with Gasteiger partial charge in [-0.2, -0.15) is 5.26 Å². The Bertz CT molecular complexity index is 274. The van der Waals surface area contributed by atoms with Crippen molar-refractivity contribution in [3.63, 3.8) is 0 Å². The van der Waals surface area contributed by atoms with Crippen LogP contribution in [0.3, 0.4) is 0 Å². The van der Waals surface area contributed by atoms with Gasteiger partial charge in [0.05, 0.1) is 6.07 Å². The van der Waals surface area contributed by atoms with Gasteiger partial charge in [0.25, 0.3) is 0 Å². The summed E-state index contributed by atoms with van der Waals surface area (Å²) >= 11 is 0. The lowest BCUT2D eigenvalue weighted by atomic mass is 10.3. The molecule has 1 aliphatic rings. The minimum atomic E-state index is -3.31. The summed E-state index contributed by atoms with van der Waals surface area (Å²) in [6.07, 6.45) is 3.35. The number of nitriles is 1. The van der Waals surface area contributed by atoms with Crippen LogP contribution in [0.5, 0.6) is 0 Å². The first-order valence-electron chi connectivity index (χ1n) is 3.98. The van der Waals surface area contributed by atoms with Crippen molar-refractivity contribution in [1.29, 1.82) is 5.26 Å². The van der Waals surface area contributed by atoms with E-state index in [-0.39, 0.29) is 0 Å². The van der Waals surface area contributed by atoms with E-state index in [0.717, 1.165) is 12.3 Å². The number of hydrogen-bond donors (Lipinski definition) is 1. The zero-order valence-corrected chi connectivity index (χ0v) is 7.60. The zero-order valence-electron chi connectivity index (χ0n) is 6.78. The van der Waals surface area contributed by atoms with E-state index in [1.165, 1.54) is 12.8 Å². The van der Waals surface area contributed by atoms with Crippen LogP contribution in [-0.2, 0) is 10.0 Å². The molecule has 0 spiro atoms.